The molecule has 3 aliphatic heterocycles. The van der Waals surface area contributed by atoms with Crippen molar-refractivity contribution in [2.75, 3.05) is 32.8 Å². The zero-order valence-corrected chi connectivity index (χ0v) is 20.9. The first-order chi connectivity index (χ1) is 17.6. The van der Waals surface area contributed by atoms with Gasteiger partial charge in [0, 0.05) is 50.4 Å². The third-order valence-electron chi connectivity index (χ3n) is 8.24. The van der Waals surface area contributed by atoms with E-state index in [1.165, 1.54) is 6.21 Å². The molecule has 0 radical (unpaired) electrons. The smallest absolute Gasteiger partial charge is 0.220 e. The van der Waals surface area contributed by atoms with Crippen LogP contribution in [-0.2, 0) is 9.53 Å². The molecule has 6 rings (SSSR count). The molecule has 3 unspecified atom stereocenters. The molecule has 1 aromatic carbocycles. The molecule has 1 saturated carbocycles. The lowest BCUT2D eigenvalue weighted by molar-refractivity contribution is -0.119. The Morgan fingerprint density at radius 2 is 2.03 bits per heavy atom. The molecule has 0 spiro atoms. The zero-order valence-electron chi connectivity index (χ0n) is 20.9. The highest BCUT2D eigenvalue weighted by Gasteiger charge is 2.32. The molecule has 3 atom stereocenters. The first-order valence-corrected chi connectivity index (χ1v) is 13.4. The van der Waals surface area contributed by atoms with Gasteiger partial charge in [0.2, 0.25) is 5.91 Å². The number of piperidine rings is 1. The van der Waals surface area contributed by atoms with Crippen molar-refractivity contribution in [3.05, 3.63) is 24.0 Å². The first-order valence-electron chi connectivity index (χ1n) is 13.4. The number of ether oxygens (including phenoxy) is 2. The Balaban J connectivity index is 1.22. The summed E-state index contributed by atoms with van der Waals surface area (Å²) in [6, 6.07) is 5.50. The van der Waals surface area contributed by atoms with Crippen LogP contribution in [0.4, 0.5) is 0 Å². The van der Waals surface area contributed by atoms with E-state index in [2.05, 4.69) is 26.9 Å². The normalized spacial score (nSPS) is 25.7. The Labute approximate surface area is 211 Å². The predicted octanol–water partition coefficient (Wildman–Crippen LogP) is 2.94. The van der Waals surface area contributed by atoms with Crippen molar-refractivity contribution >= 4 is 29.4 Å². The van der Waals surface area contributed by atoms with Crippen molar-refractivity contribution in [3.63, 3.8) is 0 Å². The molecule has 4 heterocycles. The average molecular weight is 493 g/mol. The highest BCUT2D eigenvalue weighted by Crippen LogP contribution is 2.41. The SMILES string of the molecule is CC(Oc1cc(C(C=N)C=NC2CCN(C3COC3)CC2)cc2ncn(C3CC3)c12)C1CNC(=O)C1. The zero-order chi connectivity index (χ0) is 24.6. The minimum Gasteiger partial charge on any atom is -0.488 e. The van der Waals surface area contributed by atoms with E-state index in [1.54, 1.807) is 0 Å². The number of amides is 1. The van der Waals surface area contributed by atoms with Gasteiger partial charge < -0.3 is 24.8 Å². The molecule has 9 heteroatoms. The van der Waals surface area contributed by atoms with Crippen molar-refractivity contribution < 1.29 is 14.3 Å². The van der Waals surface area contributed by atoms with Crippen LogP contribution in [-0.4, -0.2) is 83.8 Å². The van der Waals surface area contributed by atoms with Gasteiger partial charge in [0.25, 0.3) is 0 Å². The summed E-state index contributed by atoms with van der Waals surface area (Å²) in [6.07, 6.45) is 10.1. The molecule has 4 aliphatic rings. The lowest BCUT2D eigenvalue weighted by Crippen LogP contribution is -2.52. The number of nitrogens with one attached hydrogen (secondary N) is 2. The van der Waals surface area contributed by atoms with Crippen LogP contribution < -0.4 is 10.1 Å². The van der Waals surface area contributed by atoms with Crippen LogP contribution in [0, 0.1) is 11.3 Å². The number of hydrogen-bond acceptors (Lipinski definition) is 7. The highest BCUT2D eigenvalue weighted by atomic mass is 16.5. The van der Waals surface area contributed by atoms with Gasteiger partial charge in [0.15, 0.2) is 0 Å². The van der Waals surface area contributed by atoms with E-state index in [4.69, 9.17) is 24.9 Å². The Morgan fingerprint density at radius 3 is 2.67 bits per heavy atom. The summed E-state index contributed by atoms with van der Waals surface area (Å²) in [5, 5.41) is 11.1. The van der Waals surface area contributed by atoms with Gasteiger partial charge >= 0.3 is 0 Å². The molecule has 1 aromatic heterocycles. The fourth-order valence-corrected chi connectivity index (χ4v) is 5.60. The van der Waals surface area contributed by atoms with Gasteiger partial charge in [-0.2, -0.15) is 0 Å². The largest absolute Gasteiger partial charge is 0.488 e. The van der Waals surface area contributed by atoms with E-state index in [1.807, 2.05) is 19.5 Å². The van der Waals surface area contributed by atoms with Crippen molar-refractivity contribution in [2.24, 2.45) is 10.9 Å². The molecule has 1 amide bonds. The third kappa shape index (κ3) is 4.78. The Hall–Kier alpha value is -2.78. The Kier molecular flexibility index (Phi) is 6.52. The maximum atomic E-state index is 11.8. The molecule has 2 N–H and O–H groups in total. The first kappa shape index (κ1) is 23.6. The fraction of sp³-hybridized carbons (Fsp3) is 0.630. The van der Waals surface area contributed by atoms with E-state index >= 15 is 0 Å². The summed E-state index contributed by atoms with van der Waals surface area (Å²) in [6.45, 7) is 6.53. The highest BCUT2D eigenvalue weighted by molar-refractivity contribution is 5.92. The van der Waals surface area contributed by atoms with Crippen LogP contribution >= 0.6 is 0 Å². The fourth-order valence-electron chi connectivity index (χ4n) is 5.60. The van der Waals surface area contributed by atoms with E-state index in [0.29, 0.717) is 31.1 Å². The van der Waals surface area contributed by atoms with Crippen molar-refractivity contribution in [1.29, 1.82) is 5.41 Å². The Bertz CT molecular complexity index is 1150. The topological polar surface area (TPSA) is 105 Å². The van der Waals surface area contributed by atoms with Gasteiger partial charge in [0.05, 0.1) is 43.1 Å². The minimum atomic E-state index is -0.231. The van der Waals surface area contributed by atoms with Crippen LogP contribution in [0.1, 0.15) is 56.6 Å². The van der Waals surface area contributed by atoms with E-state index in [0.717, 1.165) is 74.3 Å². The quantitative estimate of drug-likeness (QED) is 0.524. The van der Waals surface area contributed by atoms with Crippen LogP contribution in [0.2, 0.25) is 0 Å². The number of nitrogens with zero attached hydrogens (tertiary/aromatic N) is 4. The van der Waals surface area contributed by atoms with Crippen LogP contribution in [0.5, 0.6) is 5.75 Å². The van der Waals surface area contributed by atoms with E-state index in [9.17, 15) is 4.79 Å². The molecule has 4 fully saturated rings. The molecule has 0 bridgehead atoms. The number of aromatic nitrogens is 2. The molecule has 2 aromatic rings. The summed E-state index contributed by atoms with van der Waals surface area (Å²) < 4.78 is 14.1. The summed E-state index contributed by atoms with van der Waals surface area (Å²) in [5.41, 5.74) is 2.87. The van der Waals surface area contributed by atoms with Crippen LogP contribution in [0.25, 0.3) is 11.0 Å². The summed E-state index contributed by atoms with van der Waals surface area (Å²) >= 11 is 0. The predicted molar refractivity (Wildman–Crippen MR) is 138 cm³/mol. The lowest BCUT2D eigenvalue weighted by atomic mass is 9.99. The van der Waals surface area contributed by atoms with Gasteiger partial charge in [-0.3, -0.25) is 14.7 Å². The minimum absolute atomic E-state index is 0.0873. The van der Waals surface area contributed by atoms with E-state index in [-0.39, 0.29) is 23.8 Å². The molecule has 192 valence electrons. The average Bonchev–Trinajstić information content (AvgIpc) is 3.45. The molecule has 3 saturated heterocycles. The number of imidazole rings is 1. The number of aliphatic imine (C=N–C) groups is 1. The maximum Gasteiger partial charge on any atom is 0.220 e. The van der Waals surface area contributed by atoms with Gasteiger partial charge in [-0.1, -0.05) is 0 Å². The van der Waals surface area contributed by atoms with Gasteiger partial charge in [-0.25, -0.2) is 4.98 Å². The second kappa shape index (κ2) is 9.94. The maximum absolute atomic E-state index is 11.8. The monoisotopic (exact) mass is 492 g/mol. The van der Waals surface area contributed by atoms with Crippen molar-refractivity contribution in [3.8, 4) is 5.75 Å². The summed E-state index contributed by atoms with van der Waals surface area (Å²) in [5.74, 6) is 0.788. The van der Waals surface area contributed by atoms with Crippen LogP contribution in [0.15, 0.2) is 23.5 Å². The molecule has 36 heavy (non-hydrogen) atoms. The van der Waals surface area contributed by atoms with Gasteiger partial charge in [-0.15, -0.1) is 0 Å². The number of hydrogen-bond donors (Lipinski definition) is 2. The van der Waals surface area contributed by atoms with Crippen LogP contribution in [0.3, 0.4) is 0 Å². The Morgan fingerprint density at radius 1 is 1.22 bits per heavy atom. The number of carbonyl (C=O) groups excluding carboxylic acids is 1. The molecular weight excluding hydrogens is 456 g/mol. The molecular formula is C27H36N6O3. The molecule has 1 aliphatic carbocycles. The third-order valence-corrected chi connectivity index (χ3v) is 8.24. The second-order valence-electron chi connectivity index (χ2n) is 10.8. The summed E-state index contributed by atoms with van der Waals surface area (Å²) in [4.78, 5) is 23.9. The van der Waals surface area contributed by atoms with Crippen molar-refractivity contribution in [1.82, 2.24) is 19.8 Å². The second-order valence-corrected chi connectivity index (χ2v) is 10.8. The number of benzene rings is 1. The van der Waals surface area contributed by atoms with E-state index < -0.39 is 0 Å². The number of fused-ring (bicyclic) bond motifs is 1. The van der Waals surface area contributed by atoms with Crippen molar-refractivity contribution in [2.45, 2.75) is 69.2 Å². The number of carbonyl (C=O) groups is 1. The summed E-state index contributed by atoms with van der Waals surface area (Å²) in [7, 11) is 0. The number of rotatable bonds is 9. The van der Waals surface area contributed by atoms with Gasteiger partial charge in [0.1, 0.15) is 17.4 Å². The lowest BCUT2D eigenvalue weighted by Gasteiger charge is -2.40. The number of likely N-dealkylation sites (tertiary alicyclic amines) is 1. The van der Waals surface area contributed by atoms with Gasteiger partial charge in [-0.05, 0) is 50.3 Å². The standard InChI is InChI=1S/C27H36N6O3/c1-17(19-10-26(34)30-12-19)36-25-9-18(8-24-27(25)33(16-31-24)22-2-3-22)20(11-28)13-29-21-4-6-32(7-5-21)23-14-35-15-23/h8-9,11,13,16-17,19-23,28H,2-7,10,12,14-15H2,1H3,(H,30,34). The molecule has 9 nitrogen and oxygen atoms in total.